The highest BCUT2D eigenvalue weighted by Crippen LogP contribution is 2.19. The van der Waals surface area contributed by atoms with Gasteiger partial charge in [-0.3, -0.25) is 4.79 Å². The molecule has 4 nitrogen and oxygen atoms in total. The van der Waals surface area contributed by atoms with E-state index in [1.54, 1.807) is 0 Å². The summed E-state index contributed by atoms with van der Waals surface area (Å²) in [6, 6.07) is 0.230. The molecular formula is C8H14N2O2. The summed E-state index contributed by atoms with van der Waals surface area (Å²) >= 11 is 0. The van der Waals surface area contributed by atoms with Crippen molar-refractivity contribution in [2.24, 2.45) is 5.92 Å². The molecule has 2 rings (SSSR count). The molecule has 0 bridgehead atoms. The molecule has 12 heavy (non-hydrogen) atoms. The lowest BCUT2D eigenvalue weighted by molar-refractivity contribution is -0.128. The van der Waals surface area contributed by atoms with Crippen LogP contribution in [0.4, 0.5) is 0 Å². The first-order valence-corrected chi connectivity index (χ1v) is 4.45. The van der Waals surface area contributed by atoms with Crippen molar-refractivity contribution in [2.45, 2.75) is 25.0 Å². The van der Waals surface area contributed by atoms with Crippen LogP contribution in [0.5, 0.6) is 0 Å². The van der Waals surface area contributed by atoms with E-state index in [0.717, 1.165) is 25.9 Å². The largest absolute Gasteiger partial charge is 0.393 e. The molecule has 1 saturated carbocycles. The quantitative estimate of drug-likeness (QED) is 0.490. The highest BCUT2D eigenvalue weighted by atomic mass is 16.3. The van der Waals surface area contributed by atoms with E-state index in [4.69, 9.17) is 5.11 Å². The second-order valence-corrected chi connectivity index (χ2v) is 3.69. The Morgan fingerprint density at radius 2 is 2.08 bits per heavy atom. The van der Waals surface area contributed by atoms with Crippen LogP contribution in [0.2, 0.25) is 0 Å². The molecular weight excluding hydrogens is 156 g/mol. The lowest BCUT2D eigenvalue weighted by Crippen LogP contribution is -2.55. The van der Waals surface area contributed by atoms with Crippen LogP contribution in [0.3, 0.4) is 0 Å². The molecule has 4 heteroatoms. The van der Waals surface area contributed by atoms with Crippen molar-refractivity contribution in [3.05, 3.63) is 0 Å². The zero-order valence-electron chi connectivity index (χ0n) is 6.92. The average Bonchev–Trinajstić information content (AvgIpc) is 1.79. The Kier molecular flexibility index (Phi) is 2.02. The van der Waals surface area contributed by atoms with E-state index in [1.165, 1.54) is 0 Å². The summed E-state index contributed by atoms with van der Waals surface area (Å²) in [6.07, 6.45) is 1.27. The lowest BCUT2D eigenvalue weighted by atomic mass is 9.88. The predicted molar refractivity (Wildman–Crippen MR) is 43.5 cm³/mol. The summed E-state index contributed by atoms with van der Waals surface area (Å²) in [5, 5.41) is 14.9. The maximum absolute atomic E-state index is 11.3. The van der Waals surface area contributed by atoms with Gasteiger partial charge in [-0.25, -0.2) is 0 Å². The maximum atomic E-state index is 11.3. The minimum Gasteiger partial charge on any atom is -0.393 e. The lowest BCUT2D eigenvalue weighted by Gasteiger charge is -2.35. The van der Waals surface area contributed by atoms with Crippen LogP contribution in [0.25, 0.3) is 0 Å². The van der Waals surface area contributed by atoms with Crippen molar-refractivity contribution in [3.63, 3.8) is 0 Å². The van der Waals surface area contributed by atoms with Crippen molar-refractivity contribution in [1.82, 2.24) is 10.6 Å². The van der Waals surface area contributed by atoms with Crippen LogP contribution in [0.15, 0.2) is 0 Å². The molecule has 0 aromatic rings. The van der Waals surface area contributed by atoms with Crippen molar-refractivity contribution >= 4 is 5.91 Å². The number of rotatable bonds is 2. The van der Waals surface area contributed by atoms with Crippen molar-refractivity contribution in [1.29, 1.82) is 0 Å². The minimum atomic E-state index is -0.185. The van der Waals surface area contributed by atoms with E-state index in [-0.39, 0.29) is 24.0 Å². The van der Waals surface area contributed by atoms with Crippen LogP contribution < -0.4 is 10.6 Å². The van der Waals surface area contributed by atoms with E-state index in [1.807, 2.05) is 0 Å². The fraction of sp³-hybridized carbons (Fsp3) is 0.875. The van der Waals surface area contributed by atoms with Crippen LogP contribution in [0, 0.1) is 5.92 Å². The molecule has 68 valence electrons. The smallest absolute Gasteiger partial charge is 0.225 e. The summed E-state index contributed by atoms with van der Waals surface area (Å²) in [5.41, 5.74) is 0. The molecule has 0 aromatic carbocycles. The van der Waals surface area contributed by atoms with Crippen molar-refractivity contribution in [2.75, 3.05) is 13.1 Å². The van der Waals surface area contributed by atoms with Crippen LogP contribution in [-0.2, 0) is 4.79 Å². The molecule has 0 atom stereocenters. The van der Waals surface area contributed by atoms with Gasteiger partial charge in [0.1, 0.15) is 0 Å². The third-order valence-electron chi connectivity index (χ3n) is 2.61. The Morgan fingerprint density at radius 3 is 2.50 bits per heavy atom. The third-order valence-corrected chi connectivity index (χ3v) is 2.61. The van der Waals surface area contributed by atoms with Gasteiger partial charge in [0.25, 0.3) is 0 Å². The number of nitrogens with one attached hydrogen (secondary N) is 2. The average molecular weight is 170 g/mol. The normalized spacial score (nSPS) is 35.1. The Morgan fingerprint density at radius 1 is 1.42 bits per heavy atom. The Bertz CT molecular complexity index is 185. The maximum Gasteiger partial charge on any atom is 0.225 e. The zero-order chi connectivity index (χ0) is 8.55. The van der Waals surface area contributed by atoms with Gasteiger partial charge in [-0.15, -0.1) is 0 Å². The topological polar surface area (TPSA) is 61.4 Å². The SMILES string of the molecule is O=C(NC1CC(O)C1)C1CNC1. The Hall–Kier alpha value is -0.610. The first-order chi connectivity index (χ1) is 5.75. The number of carbonyl (C=O) groups is 1. The number of hydrogen-bond donors (Lipinski definition) is 3. The fourth-order valence-electron chi connectivity index (χ4n) is 1.50. The number of aliphatic hydroxyl groups excluding tert-OH is 1. The number of hydrogen-bond acceptors (Lipinski definition) is 3. The van der Waals surface area contributed by atoms with Gasteiger partial charge < -0.3 is 15.7 Å². The molecule has 1 aliphatic carbocycles. The third kappa shape index (κ3) is 1.44. The first-order valence-electron chi connectivity index (χ1n) is 4.45. The van der Waals surface area contributed by atoms with Gasteiger partial charge in [-0.05, 0) is 12.8 Å². The molecule has 1 aliphatic heterocycles. The first kappa shape index (κ1) is 8.01. The highest BCUT2D eigenvalue weighted by molar-refractivity contribution is 5.80. The number of carbonyl (C=O) groups excluding carboxylic acids is 1. The summed E-state index contributed by atoms with van der Waals surface area (Å²) in [7, 11) is 0. The zero-order valence-corrected chi connectivity index (χ0v) is 6.92. The standard InChI is InChI=1S/C8H14N2O2/c11-7-1-6(2-7)10-8(12)5-3-9-4-5/h5-7,9,11H,1-4H2,(H,10,12). The Labute approximate surface area is 71.3 Å². The molecule has 1 saturated heterocycles. The van der Waals surface area contributed by atoms with Gasteiger partial charge in [0, 0.05) is 19.1 Å². The van der Waals surface area contributed by atoms with Gasteiger partial charge in [-0.1, -0.05) is 0 Å². The second-order valence-electron chi connectivity index (χ2n) is 3.69. The monoisotopic (exact) mass is 170 g/mol. The van der Waals surface area contributed by atoms with Gasteiger partial charge in [0.15, 0.2) is 0 Å². The van der Waals surface area contributed by atoms with Gasteiger partial charge in [-0.2, -0.15) is 0 Å². The summed E-state index contributed by atoms with van der Waals surface area (Å²) < 4.78 is 0. The van der Waals surface area contributed by atoms with Crippen LogP contribution in [-0.4, -0.2) is 36.2 Å². The van der Waals surface area contributed by atoms with E-state index in [2.05, 4.69) is 10.6 Å². The van der Waals surface area contributed by atoms with Crippen LogP contribution in [0.1, 0.15) is 12.8 Å². The molecule has 0 radical (unpaired) electrons. The van der Waals surface area contributed by atoms with E-state index >= 15 is 0 Å². The predicted octanol–water partition coefficient (Wildman–Crippen LogP) is -1.15. The Balaban J connectivity index is 1.69. The molecule has 0 unspecified atom stereocenters. The fourth-order valence-corrected chi connectivity index (χ4v) is 1.50. The molecule has 2 fully saturated rings. The molecule has 1 heterocycles. The summed E-state index contributed by atoms with van der Waals surface area (Å²) in [5.74, 6) is 0.313. The van der Waals surface area contributed by atoms with Gasteiger partial charge in [0.2, 0.25) is 5.91 Å². The van der Waals surface area contributed by atoms with Gasteiger partial charge in [0.05, 0.1) is 12.0 Å². The van der Waals surface area contributed by atoms with Crippen molar-refractivity contribution < 1.29 is 9.90 Å². The molecule has 2 aliphatic rings. The van der Waals surface area contributed by atoms with Crippen LogP contribution >= 0.6 is 0 Å². The summed E-state index contributed by atoms with van der Waals surface area (Å²) in [4.78, 5) is 11.3. The highest BCUT2D eigenvalue weighted by Gasteiger charge is 2.32. The van der Waals surface area contributed by atoms with E-state index in [9.17, 15) is 4.79 Å². The summed E-state index contributed by atoms with van der Waals surface area (Å²) in [6.45, 7) is 1.61. The number of aliphatic hydroxyl groups is 1. The molecule has 0 aromatic heterocycles. The molecule has 0 spiro atoms. The van der Waals surface area contributed by atoms with Crippen molar-refractivity contribution in [3.8, 4) is 0 Å². The molecule has 1 amide bonds. The second kappa shape index (κ2) is 3.03. The van der Waals surface area contributed by atoms with E-state index in [0.29, 0.717) is 0 Å². The van der Waals surface area contributed by atoms with Gasteiger partial charge >= 0.3 is 0 Å². The molecule has 3 N–H and O–H groups in total. The minimum absolute atomic E-state index is 0.144. The number of amides is 1. The van der Waals surface area contributed by atoms with E-state index < -0.39 is 0 Å².